The van der Waals surface area contributed by atoms with E-state index in [9.17, 15) is 18.0 Å². The number of carbonyl (C=O) groups excluding carboxylic acids is 2. The predicted octanol–water partition coefficient (Wildman–Crippen LogP) is 4.89. The minimum atomic E-state index is -4.22. The number of rotatable bonds is 12. The molecule has 0 aromatic heterocycles. The molecule has 8 nitrogen and oxygen atoms in total. The number of benzene rings is 4. The third-order valence-corrected chi connectivity index (χ3v) is 9.11. The molecule has 1 N–H and O–H groups in total. The number of methoxy groups -OCH3 is 1. The van der Waals surface area contributed by atoms with Crippen molar-refractivity contribution in [1.82, 2.24) is 10.2 Å². The molecule has 0 aliphatic carbocycles. The molecule has 0 aliphatic heterocycles. The first kappa shape index (κ1) is 31.3. The summed E-state index contributed by atoms with van der Waals surface area (Å²) in [4.78, 5) is 29.4. The van der Waals surface area contributed by atoms with Gasteiger partial charge in [0.25, 0.3) is 10.0 Å². The van der Waals surface area contributed by atoms with Crippen LogP contribution in [0.25, 0.3) is 0 Å². The molecular formula is C34H37N3O5S. The Kier molecular flexibility index (Phi) is 10.2. The highest BCUT2D eigenvalue weighted by Gasteiger charge is 2.35. The molecular weight excluding hydrogens is 562 g/mol. The van der Waals surface area contributed by atoms with Crippen molar-refractivity contribution in [1.29, 1.82) is 0 Å². The summed E-state index contributed by atoms with van der Waals surface area (Å²) < 4.78 is 34.9. The van der Waals surface area contributed by atoms with Crippen LogP contribution in [0.3, 0.4) is 0 Å². The summed E-state index contributed by atoms with van der Waals surface area (Å²) in [5.41, 5.74) is 3.69. The van der Waals surface area contributed by atoms with Crippen LogP contribution >= 0.6 is 0 Å². The third kappa shape index (κ3) is 7.42. The van der Waals surface area contributed by atoms with Crippen molar-refractivity contribution in [2.45, 2.75) is 37.8 Å². The van der Waals surface area contributed by atoms with E-state index < -0.39 is 28.5 Å². The summed E-state index contributed by atoms with van der Waals surface area (Å²) >= 11 is 0. The maximum Gasteiger partial charge on any atom is 0.264 e. The zero-order valence-corrected chi connectivity index (χ0v) is 25.7. The molecule has 0 fully saturated rings. The fourth-order valence-corrected chi connectivity index (χ4v) is 6.36. The first-order valence-electron chi connectivity index (χ1n) is 14.0. The smallest absolute Gasteiger partial charge is 0.264 e. The quantitative estimate of drug-likeness (QED) is 0.250. The Morgan fingerprint density at radius 1 is 0.860 bits per heavy atom. The molecule has 0 radical (unpaired) electrons. The third-order valence-electron chi connectivity index (χ3n) is 7.33. The number of sulfonamides is 1. The Labute approximate surface area is 254 Å². The number of likely N-dealkylation sites (N-methyl/N-ethyl adjacent to an activating group) is 1. The van der Waals surface area contributed by atoms with Crippen molar-refractivity contribution in [3.63, 3.8) is 0 Å². The summed E-state index contributed by atoms with van der Waals surface area (Å²) in [6.07, 6.45) is 0.247. The van der Waals surface area contributed by atoms with Gasteiger partial charge in [-0.15, -0.1) is 0 Å². The molecule has 0 bridgehead atoms. The predicted molar refractivity (Wildman–Crippen MR) is 168 cm³/mol. The number of ether oxygens (including phenoxy) is 1. The largest absolute Gasteiger partial charge is 0.495 e. The maximum absolute atomic E-state index is 14.5. The highest BCUT2D eigenvalue weighted by atomic mass is 32.2. The number of hydrogen-bond donors (Lipinski definition) is 1. The fraction of sp³-hybridized carbons (Fsp3) is 0.235. The second kappa shape index (κ2) is 14.0. The molecule has 4 rings (SSSR count). The van der Waals surface area contributed by atoms with Crippen molar-refractivity contribution >= 4 is 27.5 Å². The summed E-state index contributed by atoms with van der Waals surface area (Å²) in [6, 6.07) is 29.3. The summed E-state index contributed by atoms with van der Waals surface area (Å²) in [5.74, 6) is -0.581. The number of aryl methyl sites for hydroxylation is 2. The van der Waals surface area contributed by atoms with E-state index in [1.165, 1.54) is 31.2 Å². The lowest BCUT2D eigenvalue weighted by molar-refractivity contribution is -0.139. The maximum atomic E-state index is 14.5. The lowest BCUT2D eigenvalue weighted by atomic mass is 10.0. The Balaban J connectivity index is 1.84. The van der Waals surface area contributed by atoms with Gasteiger partial charge >= 0.3 is 0 Å². The summed E-state index contributed by atoms with van der Waals surface area (Å²) in [7, 11) is -1.24. The van der Waals surface area contributed by atoms with E-state index in [1.807, 2.05) is 74.5 Å². The molecule has 0 aliphatic rings. The highest BCUT2D eigenvalue weighted by Crippen LogP contribution is 2.34. The first-order valence-corrected chi connectivity index (χ1v) is 15.4. The zero-order chi connectivity index (χ0) is 31.0. The molecule has 1 unspecified atom stereocenters. The molecule has 4 aromatic carbocycles. The Hall–Kier alpha value is -4.63. The van der Waals surface area contributed by atoms with Gasteiger partial charge in [-0.05, 0) is 60.4 Å². The normalized spacial score (nSPS) is 11.8. The molecule has 224 valence electrons. The van der Waals surface area contributed by atoms with E-state index >= 15 is 0 Å². The van der Waals surface area contributed by atoms with Crippen LogP contribution in [0.2, 0.25) is 0 Å². The molecule has 43 heavy (non-hydrogen) atoms. The molecule has 0 heterocycles. The number of carbonyl (C=O) groups is 2. The first-order chi connectivity index (χ1) is 20.6. The van der Waals surface area contributed by atoms with Gasteiger partial charge in [-0.1, -0.05) is 78.9 Å². The van der Waals surface area contributed by atoms with Crippen molar-refractivity contribution in [3.8, 4) is 5.75 Å². The number of amides is 2. The van der Waals surface area contributed by atoms with E-state index in [2.05, 4.69) is 5.32 Å². The van der Waals surface area contributed by atoms with Crippen LogP contribution in [0.4, 0.5) is 5.69 Å². The molecule has 0 saturated heterocycles. The van der Waals surface area contributed by atoms with Gasteiger partial charge < -0.3 is 15.0 Å². The molecule has 2 amide bonds. The van der Waals surface area contributed by atoms with E-state index in [-0.39, 0.29) is 29.5 Å². The number of anilines is 1. The number of nitrogens with one attached hydrogen (secondary N) is 1. The van der Waals surface area contributed by atoms with Crippen LogP contribution in [-0.4, -0.2) is 51.9 Å². The van der Waals surface area contributed by atoms with Gasteiger partial charge in [0.1, 0.15) is 18.3 Å². The van der Waals surface area contributed by atoms with Crippen molar-refractivity contribution < 1.29 is 22.7 Å². The van der Waals surface area contributed by atoms with Crippen LogP contribution in [0.1, 0.15) is 22.3 Å². The molecule has 9 heteroatoms. The standard InChI is InChI=1S/C34H37N3O5S/c1-25-19-20-32(42-4)30(21-25)37(43(40,41)29-17-9-6-10-18-29)24-33(38)36(23-28-16-12-11-13-26(28)2)31(34(39)35-3)22-27-14-7-5-8-15-27/h5-21,31H,22-24H2,1-4H3,(H,35,39). The fourth-order valence-electron chi connectivity index (χ4n) is 4.92. The zero-order valence-electron chi connectivity index (χ0n) is 24.9. The van der Waals surface area contributed by atoms with E-state index in [4.69, 9.17) is 4.74 Å². The lowest BCUT2D eigenvalue weighted by Gasteiger charge is -2.34. The van der Waals surface area contributed by atoms with Crippen LogP contribution in [0, 0.1) is 13.8 Å². The highest BCUT2D eigenvalue weighted by molar-refractivity contribution is 7.92. The van der Waals surface area contributed by atoms with Crippen molar-refractivity contribution in [2.75, 3.05) is 25.0 Å². The minimum Gasteiger partial charge on any atom is -0.495 e. The Morgan fingerprint density at radius 2 is 1.49 bits per heavy atom. The van der Waals surface area contributed by atoms with Crippen LogP contribution < -0.4 is 14.4 Å². The summed E-state index contributed by atoms with van der Waals surface area (Å²) in [5, 5.41) is 2.70. The Morgan fingerprint density at radius 3 is 2.12 bits per heavy atom. The van der Waals surface area contributed by atoms with E-state index in [0.29, 0.717) is 5.75 Å². The van der Waals surface area contributed by atoms with Crippen LogP contribution in [-0.2, 0) is 32.6 Å². The van der Waals surface area contributed by atoms with Gasteiger partial charge in [-0.3, -0.25) is 13.9 Å². The molecule has 4 aromatic rings. The van der Waals surface area contributed by atoms with Gasteiger partial charge in [0, 0.05) is 20.0 Å². The molecule has 1 atom stereocenters. The number of nitrogens with zero attached hydrogens (tertiary/aromatic N) is 2. The second-order valence-electron chi connectivity index (χ2n) is 10.3. The van der Waals surface area contributed by atoms with Crippen LogP contribution in [0.15, 0.2) is 108 Å². The Bertz CT molecular complexity index is 1660. The van der Waals surface area contributed by atoms with E-state index in [0.717, 1.165) is 26.6 Å². The van der Waals surface area contributed by atoms with Gasteiger partial charge in [-0.2, -0.15) is 0 Å². The van der Waals surface area contributed by atoms with Gasteiger partial charge in [-0.25, -0.2) is 8.42 Å². The topological polar surface area (TPSA) is 96.0 Å². The second-order valence-corrected chi connectivity index (χ2v) is 12.1. The van der Waals surface area contributed by atoms with Crippen LogP contribution in [0.5, 0.6) is 5.75 Å². The molecule has 0 spiro atoms. The number of hydrogen-bond acceptors (Lipinski definition) is 5. The monoisotopic (exact) mass is 599 g/mol. The summed E-state index contributed by atoms with van der Waals surface area (Å²) in [6.45, 7) is 3.34. The minimum absolute atomic E-state index is 0.0314. The average Bonchev–Trinajstić information content (AvgIpc) is 3.02. The van der Waals surface area contributed by atoms with Crippen molar-refractivity contribution in [3.05, 3.63) is 125 Å². The van der Waals surface area contributed by atoms with E-state index in [1.54, 1.807) is 30.3 Å². The van der Waals surface area contributed by atoms with Crippen molar-refractivity contribution in [2.24, 2.45) is 0 Å². The average molecular weight is 600 g/mol. The SMILES string of the molecule is CNC(=O)C(Cc1ccccc1)N(Cc1ccccc1C)C(=O)CN(c1cc(C)ccc1OC)S(=O)(=O)c1ccccc1. The van der Waals surface area contributed by atoms with Gasteiger partial charge in [0.2, 0.25) is 11.8 Å². The van der Waals surface area contributed by atoms with Gasteiger partial charge in [0.15, 0.2) is 0 Å². The lowest BCUT2D eigenvalue weighted by Crippen LogP contribution is -2.53. The molecule has 0 saturated carbocycles. The van der Waals surface area contributed by atoms with Gasteiger partial charge in [0.05, 0.1) is 17.7 Å².